The van der Waals surface area contributed by atoms with Crippen LogP contribution in [0.3, 0.4) is 0 Å². The van der Waals surface area contributed by atoms with E-state index >= 15 is 0 Å². The Hall–Kier alpha value is -2.48. The number of aromatic nitrogens is 2. The molecule has 1 saturated carbocycles. The molecule has 1 heterocycles. The summed E-state index contributed by atoms with van der Waals surface area (Å²) in [4.78, 5) is 12.2. The van der Waals surface area contributed by atoms with Crippen LogP contribution in [0.5, 0.6) is 5.75 Å². The molecule has 0 unspecified atom stereocenters. The molecular formula is C15H15N3O4S. The zero-order valence-corrected chi connectivity index (χ0v) is 13.2. The van der Waals surface area contributed by atoms with Crippen LogP contribution in [0.4, 0.5) is 0 Å². The molecule has 0 aliphatic heterocycles. The molecule has 0 saturated heterocycles. The van der Waals surface area contributed by atoms with E-state index in [0.717, 1.165) is 12.8 Å². The number of carbonyl (C=O) groups is 1. The number of benzene rings is 1. The van der Waals surface area contributed by atoms with Gasteiger partial charge in [-0.15, -0.1) is 5.10 Å². The average molecular weight is 333 g/mol. The molecule has 1 N–H and O–H groups in total. The third kappa shape index (κ3) is 3.31. The van der Waals surface area contributed by atoms with Crippen LogP contribution in [0.1, 0.15) is 34.9 Å². The number of ether oxygens (including phenoxy) is 1. The highest BCUT2D eigenvalue weighted by Gasteiger charge is 2.30. The maximum Gasteiger partial charge on any atom is 0.285 e. The van der Waals surface area contributed by atoms with Crippen LogP contribution in [-0.2, 0) is 10.0 Å². The van der Waals surface area contributed by atoms with E-state index in [9.17, 15) is 13.2 Å². The molecule has 1 aromatic heterocycles. The molecule has 120 valence electrons. The number of nitrogens with zero attached hydrogens (tertiary/aromatic N) is 2. The first-order chi connectivity index (χ1) is 11.0. The summed E-state index contributed by atoms with van der Waals surface area (Å²) in [5.74, 6) is -0.0885. The number of methoxy groups -OCH3 is 1. The molecule has 1 fully saturated rings. The molecule has 7 nitrogen and oxygen atoms in total. The molecule has 8 heteroatoms. The van der Waals surface area contributed by atoms with Crippen molar-refractivity contribution in [3.63, 3.8) is 0 Å². The van der Waals surface area contributed by atoms with Crippen molar-refractivity contribution >= 4 is 15.9 Å². The van der Waals surface area contributed by atoms with E-state index in [4.69, 9.17) is 4.74 Å². The topological polar surface area (TPSA) is 98.2 Å². The van der Waals surface area contributed by atoms with E-state index < -0.39 is 15.9 Å². The third-order valence-corrected chi connectivity index (χ3v) is 4.83. The Bertz CT molecular complexity index is 833. The van der Waals surface area contributed by atoms with Gasteiger partial charge in [-0.25, -0.2) is 13.1 Å². The number of amides is 1. The lowest BCUT2D eigenvalue weighted by molar-refractivity contribution is 0.0975. The van der Waals surface area contributed by atoms with Crippen molar-refractivity contribution in [3.05, 3.63) is 47.8 Å². The lowest BCUT2D eigenvalue weighted by Gasteiger charge is -2.09. The number of nitrogens with one attached hydrogen (secondary N) is 1. The van der Waals surface area contributed by atoms with Crippen LogP contribution in [-0.4, -0.2) is 31.6 Å². The Morgan fingerprint density at radius 1 is 1.22 bits per heavy atom. The largest absolute Gasteiger partial charge is 0.495 e. The van der Waals surface area contributed by atoms with Crippen molar-refractivity contribution < 1.29 is 17.9 Å². The highest BCUT2D eigenvalue weighted by atomic mass is 32.2. The summed E-state index contributed by atoms with van der Waals surface area (Å²) in [6.45, 7) is 0. The van der Waals surface area contributed by atoms with E-state index in [2.05, 4.69) is 10.2 Å². The van der Waals surface area contributed by atoms with Crippen LogP contribution in [0.25, 0.3) is 0 Å². The first-order valence-corrected chi connectivity index (χ1v) is 8.53. The lowest BCUT2D eigenvalue weighted by atomic mass is 10.2. The minimum atomic E-state index is -3.95. The van der Waals surface area contributed by atoms with Gasteiger partial charge in [0, 0.05) is 12.0 Å². The van der Waals surface area contributed by atoms with Gasteiger partial charge in [0.2, 0.25) is 0 Å². The zero-order valence-electron chi connectivity index (χ0n) is 12.4. The Morgan fingerprint density at radius 2 is 1.91 bits per heavy atom. The second-order valence-corrected chi connectivity index (χ2v) is 6.89. The van der Waals surface area contributed by atoms with Gasteiger partial charge >= 0.3 is 0 Å². The fraction of sp³-hybridized carbons (Fsp3) is 0.267. The van der Waals surface area contributed by atoms with Gasteiger partial charge in [-0.2, -0.15) is 5.10 Å². The molecule has 23 heavy (non-hydrogen) atoms. The monoisotopic (exact) mass is 333 g/mol. The van der Waals surface area contributed by atoms with E-state index in [1.54, 1.807) is 18.2 Å². The number of rotatable bonds is 5. The molecule has 0 radical (unpaired) electrons. The SMILES string of the molecule is COc1cc(C(=O)NS(=O)(=O)c2ccccc2)nnc1C1CC1. The maximum absolute atomic E-state index is 12.2. The van der Waals surface area contributed by atoms with E-state index in [1.807, 2.05) is 4.72 Å². The molecule has 1 aliphatic rings. The molecule has 0 bridgehead atoms. The van der Waals surface area contributed by atoms with Gasteiger partial charge in [-0.05, 0) is 25.0 Å². The van der Waals surface area contributed by atoms with Gasteiger partial charge in [0.1, 0.15) is 11.4 Å². The van der Waals surface area contributed by atoms with Gasteiger partial charge < -0.3 is 4.74 Å². The second kappa shape index (κ2) is 5.96. The van der Waals surface area contributed by atoms with Gasteiger partial charge in [0.05, 0.1) is 12.0 Å². The molecule has 2 aromatic rings. The number of hydrogen-bond donors (Lipinski definition) is 1. The first kappa shape index (κ1) is 15.4. The van der Waals surface area contributed by atoms with Crippen LogP contribution >= 0.6 is 0 Å². The first-order valence-electron chi connectivity index (χ1n) is 7.05. The normalized spacial score (nSPS) is 14.3. The Kier molecular flexibility index (Phi) is 3.99. The van der Waals surface area contributed by atoms with Crippen molar-refractivity contribution in [1.82, 2.24) is 14.9 Å². The van der Waals surface area contributed by atoms with E-state index in [0.29, 0.717) is 17.4 Å². The lowest BCUT2D eigenvalue weighted by Crippen LogP contribution is -2.31. The quantitative estimate of drug-likeness (QED) is 0.890. The predicted molar refractivity (Wildman–Crippen MR) is 81.7 cm³/mol. The number of carbonyl (C=O) groups excluding carboxylic acids is 1. The highest BCUT2D eigenvalue weighted by molar-refractivity contribution is 7.90. The molecule has 0 atom stereocenters. The molecule has 0 spiro atoms. The summed E-state index contributed by atoms with van der Waals surface area (Å²) in [6, 6.07) is 9.05. The summed E-state index contributed by atoms with van der Waals surface area (Å²) in [5.41, 5.74) is 0.598. The van der Waals surface area contributed by atoms with Gasteiger partial charge in [-0.1, -0.05) is 18.2 Å². The van der Waals surface area contributed by atoms with Crippen molar-refractivity contribution in [2.75, 3.05) is 7.11 Å². The Morgan fingerprint density at radius 3 is 2.52 bits per heavy atom. The molecule has 3 rings (SSSR count). The van der Waals surface area contributed by atoms with Crippen LogP contribution < -0.4 is 9.46 Å². The van der Waals surface area contributed by atoms with Crippen LogP contribution in [0, 0.1) is 0 Å². The minimum Gasteiger partial charge on any atom is -0.495 e. The number of sulfonamides is 1. The summed E-state index contributed by atoms with van der Waals surface area (Å²) >= 11 is 0. The molecular weight excluding hydrogens is 318 g/mol. The highest BCUT2D eigenvalue weighted by Crippen LogP contribution is 2.42. The van der Waals surface area contributed by atoms with E-state index in [1.165, 1.54) is 25.3 Å². The Labute approximate surface area is 133 Å². The van der Waals surface area contributed by atoms with Crippen molar-refractivity contribution in [2.24, 2.45) is 0 Å². The summed E-state index contributed by atoms with van der Waals surface area (Å²) < 4.78 is 31.5. The second-order valence-electron chi connectivity index (χ2n) is 5.21. The summed E-state index contributed by atoms with van der Waals surface area (Å²) in [5, 5.41) is 7.82. The van der Waals surface area contributed by atoms with Gasteiger partial charge in [0.25, 0.3) is 15.9 Å². The average Bonchev–Trinajstić information content (AvgIpc) is 3.39. The Balaban J connectivity index is 1.83. The van der Waals surface area contributed by atoms with Crippen LogP contribution in [0.2, 0.25) is 0 Å². The van der Waals surface area contributed by atoms with Gasteiger partial charge in [0.15, 0.2) is 5.69 Å². The fourth-order valence-electron chi connectivity index (χ4n) is 2.13. The van der Waals surface area contributed by atoms with Crippen molar-refractivity contribution in [3.8, 4) is 5.75 Å². The fourth-order valence-corrected chi connectivity index (χ4v) is 3.11. The van der Waals surface area contributed by atoms with Crippen LogP contribution in [0.15, 0.2) is 41.3 Å². The molecule has 1 aliphatic carbocycles. The summed E-state index contributed by atoms with van der Waals surface area (Å²) in [7, 11) is -2.47. The smallest absolute Gasteiger partial charge is 0.285 e. The standard InChI is InChI=1S/C15H15N3O4S/c1-22-13-9-12(16-17-14(13)10-7-8-10)15(19)18-23(20,21)11-5-3-2-4-6-11/h2-6,9-10H,7-8H2,1H3,(H,18,19). The maximum atomic E-state index is 12.2. The third-order valence-electron chi connectivity index (χ3n) is 3.48. The molecule has 1 aromatic carbocycles. The zero-order chi connectivity index (χ0) is 16.4. The minimum absolute atomic E-state index is 0.00266. The van der Waals surface area contributed by atoms with Gasteiger partial charge in [-0.3, -0.25) is 4.79 Å². The predicted octanol–water partition coefficient (Wildman–Crippen LogP) is 1.48. The molecule has 1 amide bonds. The van der Waals surface area contributed by atoms with Crippen molar-refractivity contribution in [1.29, 1.82) is 0 Å². The van der Waals surface area contributed by atoms with E-state index in [-0.39, 0.29) is 10.6 Å². The summed E-state index contributed by atoms with van der Waals surface area (Å²) in [6.07, 6.45) is 2.03. The number of hydrogen-bond acceptors (Lipinski definition) is 6. The van der Waals surface area contributed by atoms with Crippen molar-refractivity contribution in [2.45, 2.75) is 23.7 Å².